The largest absolute Gasteiger partial charge is 0.235 e. The van der Waals surface area contributed by atoms with Gasteiger partial charge >= 0.3 is 0 Å². The first-order valence-electron chi connectivity index (χ1n) is 4.61. The zero-order valence-electron chi connectivity index (χ0n) is 8.55. The molecule has 0 saturated heterocycles. The Balaban J connectivity index is 4.07. The minimum absolute atomic E-state index is 0.0848. The Morgan fingerprint density at radius 2 is 2.08 bits per heavy atom. The van der Waals surface area contributed by atoms with E-state index in [1.807, 2.05) is 6.92 Å². The van der Waals surface area contributed by atoms with Gasteiger partial charge in [-0.25, -0.2) is 9.79 Å². The molecular weight excluding hydrogens is 150 g/mol. The third-order valence-electron chi connectivity index (χ3n) is 2.55. The topological polar surface area (TPSA) is 29.4 Å². The number of hydrogen-bond donors (Lipinski definition) is 0. The third-order valence-corrected chi connectivity index (χ3v) is 2.55. The van der Waals surface area contributed by atoms with Crippen LogP contribution in [0, 0.1) is 5.41 Å². The summed E-state index contributed by atoms with van der Waals surface area (Å²) < 4.78 is 0. The van der Waals surface area contributed by atoms with Gasteiger partial charge in [0.05, 0.1) is 6.04 Å². The first-order valence-corrected chi connectivity index (χ1v) is 4.61. The van der Waals surface area contributed by atoms with Crippen molar-refractivity contribution in [2.45, 2.75) is 53.0 Å². The third kappa shape index (κ3) is 3.68. The summed E-state index contributed by atoms with van der Waals surface area (Å²) in [4.78, 5) is 13.8. The molecule has 0 bridgehead atoms. The Morgan fingerprint density at radius 1 is 1.50 bits per heavy atom. The van der Waals surface area contributed by atoms with Gasteiger partial charge in [0.15, 0.2) is 0 Å². The Hall–Kier alpha value is -0.620. The number of unbranched alkanes of at least 4 members (excludes halogenated alkanes) is 1. The van der Waals surface area contributed by atoms with Gasteiger partial charge in [-0.1, -0.05) is 33.6 Å². The second-order valence-corrected chi connectivity index (χ2v) is 3.99. The number of hydrogen-bond acceptors (Lipinski definition) is 2. The fourth-order valence-corrected chi connectivity index (χ4v) is 1.10. The van der Waals surface area contributed by atoms with Crippen molar-refractivity contribution in [3.8, 4) is 0 Å². The zero-order valence-corrected chi connectivity index (χ0v) is 8.55. The molecule has 0 spiro atoms. The fraction of sp³-hybridized carbons (Fsp3) is 0.900. The van der Waals surface area contributed by atoms with E-state index in [0.29, 0.717) is 0 Å². The Kier molecular flexibility index (Phi) is 4.84. The van der Waals surface area contributed by atoms with Gasteiger partial charge in [0.1, 0.15) is 0 Å². The summed E-state index contributed by atoms with van der Waals surface area (Å²) in [5, 5.41) is 0. The van der Waals surface area contributed by atoms with E-state index in [2.05, 4.69) is 25.8 Å². The standard InChI is InChI=1S/C10H19NO/c1-5-6-7-10(3,4)9(2)11-8-12/h9H,5-7H2,1-4H3. The van der Waals surface area contributed by atoms with Crippen molar-refractivity contribution < 1.29 is 4.79 Å². The van der Waals surface area contributed by atoms with Gasteiger partial charge in [-0.15, -0.1) is 0 Å². The summed E-state index contributed by atoms with van der Waals surface area (Å²) in [7, 11) is 0. The Labute approximate surface area is 75.1 Å². The quantitative estimate of drug-likeness (QED) is 0.459. The molecular formula is C10H19NO. The molecule has 0 aromatic carbocycles. The van der Waals surface area contributed by atoms with E-state index in [1.54, 1.807) is 6.08 Å². The van der Waals surface area contributed by atoms with Crippen molar-refractivity contribution in [3.05, 3.63) is 0 Å². The average molecular weight is 169 g/mol. The van der Waals surface area contributed by atoms with E-state index in [-0.39, 0.29) is 11.5 Å². The molecule has 0 radical (unpaired) electrons. The molecule has 0 rings (SSSR count). The van der Waals surface area contributed by atoms with Crippen LogP contribution in [0.1, 0.15) is 47.0 Å². The second-order valence-electron chi connectivity index (χ2n) is 3.99. The fourth-order valence-electron chi connectivity index (χ4n) is 1.10. The van der Waals surface area contributed by atoms with Gasteiger partial charge in [-0.05, 0) is 18.8 Å². The van der Waals surface area contributed by atoms with Crippen molar-refractivity contribution in [1.82, 2.24) is 0 Å². The van der Waals surface area contributed by atoms with E-state index in [4.69, 9.17) is 0 Å². The minimum atomic E-state index is 0.0848. The summed E-state index contributed by atoms with van der Waals surface area (Å²) in [6, 6.07) is 0.0848. The zero-order chi connectivity index (χ0) is 9.61. The molecule has 0 heterocycles. The molecule has 0 N–H and O–H groups in total. The Morgan fingerprint density at radius 3 is 2.50 bits per heavy atom. The molecule has 0 aromatic heterocycles. The predicted octanol–water partition coefficient (Wildman–Crippen LogP) is 2.93. The van der Waals surface area contributed by atoms with E-state index >= 15 is 0 Å². The maximum absolute atomic E-state index is 10.0. The number of carbonyl (C=O) groups excluding carboxylic acids is 1. The first-order chi connectivity index (χ1) is 5.54. The lowest BCUT2D eigenvalue weighted by Gasteiger charge is -2.27. The van der Waals surface area contributed by atoms with Crippen molar-refractivity contribution in [1.29, 1.82) is 0 Å². The maximum Gasteiger partial charge on any atom is 0.235 e. The van der Waals surface area contributed by atoms with Crippen molar-refractivity contribution >= 4 is 6.08 Å². The molecule has 0 aromatic rings. The van der Waals surface area contributed by atoms with Gasteiger partial charge in [-0.2, -0.15) is 0 Å². The van der Waals surface area contributed by atoms with Gasteiger partial charge in [0.25, 0.3) is 0 Å². The smallest absolute Gasteiger partial charge is 0.211 e. The lowest BCUT2D eigenvalue weighted by atomic mass is 9.81. The molecule has 0 aliphatic heterocycles. The average Bonchev–Trinajstić information content (AvgIpc) is 2.01. The predicted molar refractivity (Wildman–Crippen MR) is 50.9 cm³/mol. The first kappa shape index (κ1) is 11.4. The highest BCUT2D eigenvalue weighted by atomic mass is 16.1. The minimum Gasteiger partial charge on any atom is -0.211 e. The van der Waals surface area contributed by atoms with Gasteiger partial charge in [0, 0.05) is 0 Å². The van der Waals surface area contributed by atoms with Crippen LogP contribution in [0.2, 0.25) is 0 Å². The van der Waals surface area contributed by atoms with Crippen LogP contribution in [-0.4, -0.2) is 12.1 Å². The summed E-state index contributed by atoms with van der Waals surface area (Å²) in [5.74, 6) is 0. The van der Waals surface area contributed by atoms with E-state index < -0.39 is 0 Å². The van der Waals surface area contributed by atoms with Crippen LogP contribution in [0.3, 0.4) is 0 Å². The lowest BCUT2D eigenvalue weighted by Crippen LogP contribution is -2.24. The molecule has 0 amide bonds. The van der Waals surface area contributed by atoms with Crippen molar-refractivity contribution in [2.24, 2.45) is 10.4 Å². The summed E-state index contributed by atoms with van der Waals surface area (Å²) in [5.41, 5.74) is 0.132. The SMILES string of the molecule is CCCCC(C)(C)C(C)N=C=O. The van der Waals surface area contributed by atoms with Crippen molar-refractivity contribution in [3.63, 3.8) is 0 Å². The second kappa shape index (κ2) is 5.10. The molecule has 12 heavy (non-hydrogen) atoms. The van der Waals surface area contributed by atoms with Crippen LogP contribution in [0.5, 0.6) is 0 Å². The van der Waals surface area contributed by atoms with Gasteiger partial charge in [0.2, 0.25) is 6.08 Å². The van der Waals surface area contributed by atoms with Crippen LogP contribution in [0.25, 0.3) is 0 Å². The monoisotopic (exact) mass is 169 g/mol. The highest BCUT2D eigenvalue weighted by Crippen LogP contribution is 2.29. The molecule has 70 valence electrons. The molecule has 0 aliphatic carbocycles. The van der Waals surface area contributed by atoms with Crippen LogP contribution in [-0.2, 0) is 4.79 Å². The summed E-state index contributed by atoms with van der Waals surface area (Å²) >= 11 is 0. The van der Waals surface area contributed by atoms with Gasteiger partial charge < -0.3 is 0 Å². The summed E-state index contributed by atoms with van der Waals surface area (Å²) in [6.45, 7) is 8.44. The number of aliphatic imine (C=N–C) groups is 1. The molecule has 0 saturated carbocycles. The van der Waals surface area contributed by atoms with Crippen molar-refractivity contribution in [2.75, 3.05) is 0 Å². The van der Waals surface area contributed by atoms with Crippen LogP contribution >= 0.6 is 0 Å². The van der Waals surface area contributed by atoms with E-state index in [0.717, 1.165) is 6.42 Å². The molecule has 2 nitrogen and oxygen atoms in total. The van der Waals surface area contributed by atoms with Crippen LogP contribution < -0.4 is 0 Å². The Bertz CT molecular complexity index is 169. The van der Waals surface area contributed by atoms with Gasteiger partial charge in [-0.3, -0.25) is 0 Å². The van der Waals surface area contributed by atoms with E-state index in [1.165, 1.54) is 12.8 Å². The maximum atomic E-state index is 10.0. The summed E-state index contributed by atoms with van der Waals surface area (Å²) in [6.07, 6.45) is 5.14. The highest BCUT2D eigenvalue weighted by molar-refractivity contribution is 5.33. The van der Waals surface area contributed by atoms with Crippen LogP contribution in [0.15, 0.2) is 4.99 Å². The molecule has 0 aliphatic rings. The highest BCUT2D eigenvalue weighted by Gasteiger charge is 2.24. The number of isocyanates is 1. The molecule has 1 unspecified atom stereocenters. The number of nitrogens with zero attached hydrogens (tertiary/aromatic N) is 1. The molecule has 2 heteroatoms. The lowest BCUT2D eigenvalue weighted by molar-refractivity contribution is 0.270. The van der Waals surface area contributed by atoms with E-state index in [9.17, 15) is 4.79 Å². The normalized spacial score (nSPS) is 13.7. The number of rotatable bonds is 5. The molecule has 0 fully saturated rings. The van der Waals surface area contributed by atoms with Crippen LogP contribution in [0.4, 0.5) is 0 Å². The molecule has 1 atom stereocenters.